The predicted molar refractivity (Wildman–Crippen MR) is 46.3 cm³/mol. The van der Waals surface area contributed by atoms with E-state index in [1.165, 1.54) is 6.33 Å². The smallest absolute Gasteiger partial charge is 0.210 e. The van der Waals surface area contributed by atoms with Crippen molar-refractivity contribution in [1.29, 1.82) is 0 Å². The third-order valence-electron chi connectivity index (χ3n) is 1.18. The number of anilines is 1. The summed E-state index contributed by atoms with van der Waals surface area (Å²) in [5.74, 6) is 5.61. The molecule has 4 N–H and O–H groups in total. The summed E-state index contributed by atoms with van der Waals surface area (Å²) < 4.78 is 0. The van der Waals surface area contributed by atoms with Crippen molar-refractivity contribution in [3.63, 3.8) is 0 Å². The molecule has 1 heterocycles. The maximum Gasteiger partial charge on any atom is 0.210 e. The van der Waals surface area contributed by atoms with Crippen LogP contribution in [0.5, 0.6) is 0 Å². The number of nitrogens with one attached hydrogen (secondary N) is 2. The second-order valence-corrected chi connectivity index (χ2v) is 1.97. The van der Waals surface area contributed by atoms with Gasteiger partial charge >= 0.3 is 0 Å². The van der Waals surface area contributed by atoms with Crippen LogP contribution in [0.3, 0.4) is 0 Å². The third-order valence-corrected chi connectivity index (χ3v) is 1.18. The van der Waals surface area contributed by atoms with E-state index < -0.39 is 0 Å². The van der Waals surface area contributed by atoms with Crippen LogP contribution in [-0.4, -0.2) is 23.0 Å². The minimum Gasteiger partial charge on any atom is -0.323 e. The van der Waals surface area contributed by atoms with Gasteiger partial charge in [0.05, 0.1) is 18.1 Å². The summed E-state index contributed by atoms with van der Waals surface area (Å²) in [6.07, 6.45) is 4.69. The predicted octanol–water partition coefficient (Wildman–Crippen LogP) is -0.662. The van der Waals surface area contributed by atoms with E-state index in [1.807, 2.05) is 0 Å². The molecule has 0 aliphatic heterocycles. The average molecular weight is 166 g/mol. The van der Waals surface area contributed by atoms with Gasteiger partial charge in [-0.15, -0.1) is 0 Å². The molecule has 0 spiro atoms. The van der Waals surface area contributed by atoms with Gasteiger partial charge in [0.1, 0.15) is 6.33 Å². The zero-order valence-electron chi connectivity index (χ0n) is 6.65. The molecule has 0 aromatic carbocycles. The van der Waals surface area contributed by atoms with Crippen molar-refractivity contribution in [2.75, 3.05) is 12.4 Å². The van der Waals surface area contributed by atoms with Crippen LogP contribution in [0.2, 0.25) is 0 Å². The van der Waals surface area contributed by atoms with E-state index in [4.69, 9.17) is 5.84 Å². The molecule has 0 saturated heterocycles. The lowest BCUT2D eigenvalue weighted by molar-refractivity contribution is 1.01. The molecular formula is C6H10N6. The molecule has 64 valence electrons. The second kappa shape index (κ2) is 4.24. The Morgan fingerprint density at radius 1 is 1.50 bits per heavy atom. The number of guanidine groups is 1. The van der Waals surface area contributed by atoms with Crippen LogP contribution in [-0.2, 0) is 0 Å². The summed E-state index contributed by atoms with van der Waals surface area (Å²) in [6, 6.07) is 0. The summed E-state index contributed by atoms with van der Waals surface area (Å²) in [4.78, 5) is 11.4. The van der Waals surface area contributed by atoms with Crippen molar-refractivity contribution in [3.05, 3.63) is 18.7 Å². The van der Waals surface area contributed by atoms with Gasteiger partial charge in [0.15, 0.2) is 0 Å². The Morgan fingerprint density at radius 3 is 2.67 bits per heavy atom. The van der Waals surface area contributed by atoms with Gasteiger partial charge < -0.3 is 5.32 Å². The number of aromatic nitrogens is 2. The van der Waals surface area contributed by atoms with E-state index in [2.05, 4.69) is 25.7 Å². The van der Waals surface area contributed by atoms with Crippen molar-refractivity contribution in [2.45, 2.75) is 0 Å². The van der Waals surface area contributed by atoms with Gasteiger partial charge in [0.25, 0.3) is 0 Å². The molecule has 0 unspecified atom stereocenters. The Bertz CT molecular complexity index is 256. The molecule has 0 fully saturated rings. The van der Waals surface area contributed by atoms with Gasteiger partial charge in [-0.1, -0.05) is 0 Å². The fourth-order valence-electron chi connectivity index (χ4n) is 0.657. The fourth-order valence-corrected chi connectivity index (χ4v) is 0.657. The minimum atomic E-state index is 0.463. The fraction of sp³-hybridized carbons (Fsp3) is 0.167. The first kappa shape index (κ1) is 8.41. The van der Waals surface area contributed by atoms with Crippen LogP contribution in [0, 0.1) is 0 Å². The molecule has 0 bridgehead atoms. The van der Waals surface area contributed by atoms with E-state index in [-0.39, 0.29) is 0 Å². The largest absolute Gasteiger partial charge is 0.323 e. The lowest BCUT2D eigenvalue weighted by Gasteiger charge is -2.05. The first-order valence-electron chi connectivity index (χ1n) is 3.32. The topological polar surface area (TPSA) is 88.2 Å². The van der Waals surface area contributed by atoms with Gasteiger partial charge in [-0.05, 0) is 0 Å². The van der Waals surface area contributed by atoms with E-state index in [1.54, 1.807) is 19.4 Å². The van der Waals surface area contributed by atoms with Crippen LogP contribution in [0.1, 0.15) is 0 Å². The SMILES string of the molecule is CN=C(NN)Nc1cncnc1. The normalized spacial score (nSPS) is 11.0. The van der Waals surface area contributed by atoms with Crippen molar-refractivity contribution >= 4 is 11.6 Å². The number of hydrazine groups is 1. The molecule has 0 atom stereocenters. The van der Waals surface area contributed by atoms with Crippen molar-refractivity contribution < 1.29 is 0 Å². The van der Waals surface area contributed by atoms with Gasteiger partial charge in [0, 0.05) is 7.05 Å². The Labute approximate surface area is 69.9 Å². The van der Waals surface area contributed by atoms with E-state index >= 15 is 0 Å². The summed E-state index contributed by atoms with van der Waals surface area (Å²) in [6.45, 7) is 0. The highest BCUT2D eigenvalue weighted by Gasteiger charge is 1.94. The molecule has 1 rings (SSSR count). The van der Waals surface area contributed by atoms with Crippen LogP contribution >= 0.6 is 0 Å². The first-order valence-corrected chi connectivity index (χ1v) is 3.32. The number of rotatable bonds is 1. The van der Waals surface area contributed by atoms with Crippen LogP contribution in [0.25, 0.3) is 0 Å². The third kappa shape index (κ3) is 2.17. The van der Waals surface area contributed by atoms with Gasteiger partial charge in [0.2, 0.25) is 5.96 Å². The highest BCUT2D eigenvalue weighted by atomic mass is 15.3. The van der Waals surface area contributed by atoms with Crippen LogP contribution in [0.4, 0.5) is 5.69 Å². The quantitative estimate of drug-likeness (QED) is 0.223. The average Bonchev–Trinajstić information content (AvgIpc) is 2.16. The molecule has 6 nitrogen and oxygen atoms in total. The maximum atomic E-state index is 5.15. The summed E-state index contributed by atoms with van der Waals surface area (Å²) in [5, 5.41) is 2.87. The molecule has 6 heteroatoms. The number of hydrogen-bond acceptors (Lipinski definition) is 4. The number of nitrogens with zero attached hydrogens (tertiary/aromatic N) is 3. The lowest BCUT2D eigenvalue weighted by atomic mass is 10.5. The molecule has 0 aliphatic carbocycles. The molecular weight excluding hydrogens is 156 g/mol. The molecule has 0 radical (unpaired) electrons. The summed E-state index contributed by atoms with van der Waals surface area (Å²) in [5.41, 5.74) is 3.12. The number of nitrogens with two attached hydrogens (primary N) is 1. The van der Waals surface area contributed by atoms with Crippen molar-refractivity contribution in [2.24, 2.45) is 10.8 Å². The van der Waals surface area contributed by atoms with Gasteiger partial charge in [-0.2, -0.15) is 0 Å². The highest BCUT2D eigenvalue weighted by Crippen LogP contribution is 1.98. The Kier molecular flexibility index (Phi) is 2.97. The monoisotopic (exact) mass is 166 g/mol. The zero-order valence-corrected chi connectivity index (χ0v) is 6.65. The van der Waals surface area contributed by atoms with Crippen molar-refractivity contribution in [1.82, 2.24) is 15.4 Å². The standard InChI is InChI=1S/C6H10N6/c1-8-6(12-7)11-5-2-9-4-10-3-5/h2-4H,7H2,1H3,(H2,8,11,12). The molecule has 0 amide bonds. The lowest BCUT2D eigenvalue weighted by Crippen LogP contribution is -2.36. The molecule has 1 aromatic rings. The number of aliphatic imine (C=N–C) groups is 1. The van der Waals surface area contributed by atoms with Gasteiger partial charge in [-0.3, -0.25) is 10.4 Å². The minimum absolute atomic E-state index is 0.463. The molecule has 0 aliphatic rings. The summed E-state index contributed by atoms with van der Waals surface area (Å²) in [7, 11) is 1.62. The zero-order chi connectivity index (χ0) is 8.81. The molecule has 0 saturated carbocycles. The number of hydrogen-bond donors (Lipinski definition) is 3. The van der Waals surface area contributed by atoms with Gasteiger partial charge in [-0.25, -0.2) is 15.8 Å². The second-order valence-electron chi connectivity index (χ2n) is 1.97. The highest BCUT2D eigenvalue weighted by molar-refractivity contribution is 5.92. The van der Waals surface area contributed by atoms with Crippen LogP contribution in [0.15, 0.2) is 23.7 Å². The van der Waals surface area contributed by atoms with E-state index in [9.17, 15) is 0 Å². The van der Waals surface area contributed by atoms with Crippen LogP contribution < -0.4 is 16.6 Å². The first-order chi connectivity index (χ1) is 5.86. The van der Waals surface area contributed by atoms with E-state index in [0.29, 0.717) is 5.96 Å². The molecule has 1 aromatic heterocycles. The van der Waals surface area contributed by atoms with E-state index in [0.717, 1.165) is 5.69 Å². The molecule has 12 heavy (non-hydrogen) atoms. The Hall–Kier alpha value is -1.69. The maximum absolute atomic E-state index is 5.15. The van der Waals surface area contributed by atoms with Crippen molar-refractivity contribution in [3.8, 4) is 0 Å². The Morgan fingerprint density at radius 2 is 2.17 bits per heavy atom. The Balaban J connectivity index is 2.64. The summed E-state index contributed by atoms with van der Waals surface area (Å²) >= 11 is 0.